The van der Waals surface area contributed by atoms with Crippen LogP contribution in [0.3, 0.4) is 0 Å². The number of ketones is 1. The van der Waals surface area contributed by atoms with Crippen molar-refractivity contribution < 1.29 is 4.79 Å². The van der Waals surface area contributed by atoms with Crippen molar-refractivity contribution in [3.63, 3.8) is 0 Å². The number of benzene rings is 1. The Hall–Kier alpha value is -0.640. The third-order valence-electron chi connectivity index (χ3n) is 2.69. The van der Waals surface area contributed by atoms with Crippen LogP contribution in [-0.2, 0) is 6.42 Å². The minimum Gasteiger partial charge on any atom is -0.293 e. The molecule has 2 rings (SSSR count). The quantitative estimate of drug-likeness (QED) is 0.699. The van der Waals surface area contributed by atoms with E-state index in [0.717, 1.165) is 25.4 Å². The lowest BCUT2D eigenvalue weighted by atomic mass is 10.1. The molecule has 1 heterocycles. The summed E-state index contributed by atoms with van der Waals surface area (Å²) in [6, 6.07) is 7.70. The second-order valence-electron chi connectivity index (χ2n) is 4.26. The second kappa shape index (κ2) is 5.55. The molecule has 4 heteroatoms. The van der Waals surface area contributed by atoms with Gasteiger partial charge < -0.3 is 0 Å². The van der Waals surface area contributed by atoms with Crippen LogP contribution in [-0.4, -0.2) is 5.78 Å². The highest BCUT2D eigenvalue weighted by Crippen LogP contribution is 2.29. The van der Waals surface area contributed by atoms with Crippen molar-refractivity contribution in [2.24, 2.45) is 0 Å². The first-order valence-electron chi connectivity index (χ1n) is 5.51. The predicted octanol–water partition coefficient (Wildman–Crippen LogP) is 5.21. The fourth-order valence-electron chi connectivity index (χ4n) is 1.65. The second-order valence-corrected chi connectivity index (χ2v) is 7.04. The Morgan fingerprint density at radius 3 is 2.61 bits per heavy atom. The number of Topliss-reactive ketones (excluding diaryl/α,β-unsaturated/α-hetero) is 1. The molecule has 0 N–H and O–H groups in total. The van der Waals surface area contributed by atoms with Crippen LogP contribution in [0.5, 0.6) is 0 Å². The fraction of sp³-hybridized carbons (Fsp3) is 0.214. The van der Waals surface area contributed by atoms with Crippen molar-refractivity contribution in [1.82, 2.24) is 0 Å². The van der Waals surface area contributed by atoms with E-state index in [-0.39, 0.29) is 5.78 Å². The molecule has 0 radical (unpaired) electrons. The molecule has 94 valence electrons. The average molecular weight is 344 g/mol. The Kier molecular flexibility index (Phi) is 4.25. The highest BCUT2D eigenvalue weighted by atomic mass is 79.9. The highest BCUT2D eigenvalue weighted by Gasteiger charge is 2.13. The van der Waals surface area contributed by atoms with Gasteiger partial charge in [-0.25, -0.2) is 0 Å². The van der Waals surface area contributed by atoms with Gasteiger partial charge in [0, 0.05) is 11.4 Å². The van der Waals surface area contributed by atoms with Crippen LogP contribution < -0.4 is 0 Å². The van der Waals surface area contributed by atoms with Crippen molar-refractivity contribution >= 4 is 44.7 Å². The lowest BCUT2D eigenvalue weighted by molar-refractivity contribution is 0.0997. The van der Waals surface area contributed by atoms with Crippen molar-refractivity contribution in [1.29, 1.82) is 0 Å². The van der Waals surface area contributed by atoms with E-state index < -0.39 is 0 Å². The summed E-state index contributed by atoms with van der Waals surface area (Å²) in [5, 5.41) is 0.663. The Morgan fingerprint density at radius 1 is 1.33 bits per heavy atom. The minimum absolute atomic E-state index is 0.111. The zero-order valence-corrected chi connectivity index (χ0v) is 13.2. The highest BCUT2D eigenvalue weighted by molar-refractivity contribution is 9.11. The van der Waals surface area contributed by atoms with Crippen LogP contribution in [0.25, 0.3) is 0 Å². The molecule has 0 spiro atoms. The molecule has 0 aliphatic heterocycles. The van der Waals surface area contributed by atoms with Crippen LogP contribution in [0.1, 0.15) is 26.4 Å². The first-order chi connectivity index (χ1) is 8.47. The Balaban J connectivity index is 2.21. The van der Waals surface area contributed by atoms with Crippen molar-refractivity contribution in [3.8, 4) is 0 Å². The van der Waals surface area contributed by atoms with E-state index in [9.17, 15) is 4.79 Å². The summed E-state index contributed by atoms with van der Waals surface area (Å²) in [7, 11) is 0. The number of carbonyl (C=O) groups is 1. The Morgan fingerprint density at radius 2 is 2.06 bits per heavy atom. The number of rotatable bonds is 3. The molecule has 0 amide bonds. The molecule has 0 unspecified atom stereocenters. The molecule has 1 nitrogen and oxygen atoms in total. The number of hydrogen-bond donors (Lipinski definition) is 0. The molecule has 0 saturated heterocycles. The van der Waals surface area contributed by atoms with Crippen LogP contribution in [0, 0.1) is 13.8 Å². The van der Waals surface area contributed by atoms with Crippen molar-refractivity contribution in [3.05, 3.63) is 54.6 Å². The average Bonchev–Trinajstić information content (AvgIpc) is 2.63. The summed E-state index contributed by atoms with van der Waals surface area (Å²) >= 11 is 11.0. The van der Waals surface area contributed by atoms with Gasteiger partial charge in [0.25, 0.3) is 0 Å². The van der Waals surface area contributed by atoms with E-state index in [2.05, 4.69) is 15.9 Å². The van der Waals surface area contributed by atoms with Gasteiger partial charge in [-0.15, -0.1) is 11.3 Å². The maximum absolute atomic E-state index is 12.1. The first kappa shape index (κ1) is 13.8. The lowest BCUT2D eigenvalue weighted by Gasteiger charge is -2.03. The topological polar surface area (TPSA) is 17.1 Å². The van der Waals surface area contributed by atoms with E-state index in [4.69, 9.17) is 11.6 Å². The molecule has 0 atom stereocenters. The number of hydrogen-bond acceptors (Lipinski definition) is 2. The summed E-state index contributed by atoms with van der Waals surface area (Å²) in [5.41, 5.74) is 3.08. The van der Waals surface area contributed by atoms with E-state index in [1.807, 2.05) is 38.1 Å². The minimum atomic E-state index is 0.111. The molecule has 0 bridgehead atoms. The third kappa shape index (κ3) is 3.02. The summed E-state index contributed by atoms with van der Waals surface area (Å²) in [6.07, 6.45) is 0.353. The SMILES string of the molecule is Cc1ccc(CC(=O)c2cc(C)c(Br)s2)c(Cl)c1. The van der Waals surface area contributed by atoms with Gasteiger partial charge in [0.2, 0.25) is 0 Å². The van der Waals surface area contributed by atoms with Crippen molar-refractivity contribution in [2.75, 3.05) is 0 Å². The summed E-state index contributed by atoms with van der Waals surface area (Å²) < 4.78 is 1.01. The number of halogens is 2. The largest absolute Gasteiger partial charge is 0.293 e. The van der Waals surface area contributed by atoms with Gasteiger partial charge in [-0.2, -0.15) is 0 Å². The molecule has 0 fully saturated rings. The smallest absolute Gasteiger partial charge is 0.177 e. The third-order valence-corrected chi connectivity index (χ3v) is 5.22. The van der Waals surface area contributed by atoms with E-state index in [0.29, 0.717) is 11.4 Å². The molecule has 0 aliphatic carbocycles. The molecule has 2 aromatic rings. The maximum Gasteiger partial charge on any atom is 0.177 e. The first-order valence-corrected chi connectivity index (χ1v) is 7.50. The summed E-state index contributed by atoms with van der Waals surface area (Å²) in [5.74, 6) is 0.111. The fourth-order valence-corrected chi connectivity index (χ4v) is 3.43. The van der Waals surface area contributed by atoms with Gasteiger partial charge in [-0.05, 0) is 58.6 Å². The molecule has 18 heavy (non-hydrogen) atoms. The van der Waals surface area contributed by atoms with Gasteiger partial charge in [-0.3, -0.25) is 4.79 Å². The van der Waals surface area contributed by atoms with E-state index in [1.54, 1.807) is 0 Å². The predicted molar refractivity (Wildman–Crippen MR) is 81.0 cm³/mol. The van der Waals surface area contributed by atoms with Crippen LogP contribution in [0.2, 0.25) is 5.02 Å². The maximum atomic E-state index is 12.1. The number of carbonyl (C=O) groups excluding carboxylic acids is 1. The molecule has 1 aromatic carbocycles. The zero-order valence-electron chi connectivity index (χ0n) is 10.1. The molecular weight excluding hydrogens is 332 g/mol. The normalized spacial score (nSPS) is 10.7. The molecule has 1 aromatic heterocycles. The van der Waals surface area contributed by atoms with Gasteiger partial charge in [0.1, 0.15) is 0 Å². The van der Waals surface area contributed by atoms with E-state index in [1.165, 1.54) is 11.3 Å². The van der Waals surface area contributed by atoms with Crippen LogP contribution in [0.4, 0.5) is 0 Å². The monoisotopic (exact) mass is 342 g/mol. The van der Waals surface area contributed by atoms with Crippen molar-refractivity contribution in [2.45, 2.75) is 20.3 Å². The zero-order chi connectivity index (χ0) is 13.3. The Bertz CT molecular complexity index is 584. The Labute approximate surface area is 124 Å². The van der Waals surface area contributed by atoms with Gasteiger partial charge >= 0.3 is 0 Å². The van der Waals surface area contributed by atoms with Gasteiger partial charge in [0.15, 0.2) is 5.78 Å². The van der Waals surface area contributed by atoms with Gasteiger partial charge in [-0.1, -0.05) is 23.7 Å². The number of aryl methyl sites for hydroxylation is 2. The van der Waals surface area contributed by atoms with Gasteiger partial charge in [0.05, 0.1) is 8.66 Å². The molecule has 0 saturated carbocycles. The molecule has 0 aliphatic rings. The lowest BCUT2D eigenvalue weighted by Crippen LogP contribution is -2.01. The standard InChI is InChI=1S/C14H12BrClOS/c1-8-3-4-10(11(16)5-8)7-12(17)13-6-9(2)14(15)18-13/h3-6H,7H2,1-2H3. The summed E-state index contributed by atoms with van der Waals surface area (Å²) in [6.45, 7) is 3.97. The number of thiophene rings is 1. The van der Waals surface area contributed by atoms with Crippen LogP contribution >= 0.6 is 38.9 Å². The summed E-state index contributed by atoms with van der Waals surface area (Å²) in [4.78, 5) is 12.9. The molecular formula is C14H12BrClOS. The van der Waals surface area contributed by atoms with E-state index >= 15 is 0 Å². The van der Waals surface area contributed by atoms with Crippen LogP contribution in [0.15, 0.2) is 28.1 Å².